The zero-order valence-electron chi connectivity index (χ0n) is 11.6. The normalized spacial score (nSPS) is 12.6. The molecule has 20 heavy (non-hydrogen) atoms. The topological polar surface area (TPSA) is 42.7 Å². The lowest BCUT2D eigenvalue weighted by Gasteiger charge is -2.19. The van der Waals surface area contributed by atoms with Crippen molar-refractivity contribution >= 4 is 11.6 Å². The van der Waals surface area contributed by atoms with Gasteiger partial charge in [0.1, 0.15) is 5.82 Å². The summed E-state index contributed by atoms with van der Waals surface area (Å²) in [5, 5.41) is 11.4. The van der Waals surface area contributed by atoms with Gasteiger partial charge in [-0.2, -0.15) is 0 Å². The highest BCUT2D eigenvalue weighted by Gasteiger charge is 2.18. The zero-order valence-corrected chi connectivity index (χ0v) is 12.4. The number of benzene rings is 1. The molecule has 0 saturated carbocycles. The third-order valence-corrected chi connectivity index (χ3v) is 3.35. The molecule has 1 aromatic carbocycles. The Morgan fingerprint density at radius 3 is 2.90 bits per heavy atom. The third kappa shape index (κ3) is 3.55. The Morgan fingerprint density at radius 1 is 1.45 bits per heavy atom. The number of hydrogen-bond donors (Lipinski definition) is 1. The van der Waals surface area contributed by atoms with Gasteiger partial charge >= 0.3 is 0 Å². The lowest BCUT2D eigenvalue weighted by molar-refractivity contribution is 0.493. The van der Waals surface area contributed by atoms with Gasteiger partial charge in [0.2, 0.25) is 0 Å². The van der Waals surface area contributed by atoms with Gasteiger partial charge in [-0.15, -0.1) is 5.10 Å². The van der Waals surface area contributed by atoms with E-state index >= 15 is 0 Å². The van der Waals surface area contributed by atoms with Gasteiger partial charge in [0.25, 0.3) is 0 Å². The molecule has 0 spiro atoms. The molecule has 2 aromatic rings. The second kappa shape index (κ2) is 6.81. The van der Waals surface area contributed by atoms with Crippen molar-refractivity contribution in [3.63, 3.8) is 0 Å². The van der Waals surface area contributed by atoms with Crippen LogP contribution in [0.1, 0.15) is 30.6 Å². The van der Waals surface area contributed by atoms with Crippen LogP contribution in [-0.2, 0) is 13.5 Å². The summed E-state index contributed by atoms with van der Waals surface area (Å²) in [5.74, 6) is -0.369. The predicted octanol–water partition coefficient (Wildman–Crippen LogP) is 2.89. The maximum Gasteiger partial charge on any atom is 0.146 e. The van der Waals surface area contributed by atoms with Crippen LogP contribution in [0.5, 0.6) is 0 Å². The molecular weight excluding hydrogens is 279 g/mol. The molecule has 1 aromatic heterocycles. The monoisotopic (exact) mass is 296 g/mol. The van der Waals surface area contributed by atoms with Gasteiger partial charge in [-0.25, -0.2) is 4.39 Å². The molecule has 0 radical (unpaired) electrons. The molecule has 0 aliphatic rings. The minimum atomic E-state index is -0.369. The van der Waals surface area contributed by atoms with Crippen molar-refractivity contribution in [2.75, 3.05) is 6.54 Å². The van der Waals surface area contributed by atoms with Crippen LogP contribution < -0.4 is 5.32 Å². The average Bonchev–Trinajstić information content (AvgIpc) is 2.83. The summed E-state index contributed by atoms with van der Waals surface area (Å²) in [5.41, 5.74) is 1.39. The number of aromatic nitrogens is 3. The van der Waals surface area contributed by atoms with E-state index in [4.69, 9.17) is 11.6 Å². The molecule has 0 amide bonds. The van der Waals surface area contributed by atoms with Gasteiger partial charge in [0.05, 0.1) is 10.7 Å². The molecule has 2 rings (SSSR count). The first-order valence-electron chi connectivity index (χ1n) is 6.64. The fourth-order valence-electron chi connectivity index (χ4n) is 2.10. The first-order chi connectivity index (χ1) is 9.61. The van der Waals surface area contributed by atoms with Crippen LogP contribution in [0, 0.1) is 5.82 Å². The van der Waals surface area contributed by atoms with Crippen molar-refractivity contribution in [2.45, 2.75) is 25.8 Å². The quantitative estimate of drug-likeness (QED) is 0.891. The van der Waals surface area contributed by atoms with Crippen LogP contribution in [0.4, 0.5) is 4.39 Å². The summed E-state index contributed by atoms with van der Waals surface area (Å²) < 4.78 is 15.8. The molecule has 0 fully saturated rings. The smallest absolute Gasteiger partial charge is 0.146 e. The molecule has 108 valence electrons. The second-order valence-electron chi connectivity index (χ2n) is 4.74. The van der Waals surface area contributed by atoms with E-state index in [-0.39, 0.29) is 16.9 Å². The van der Waals surface area contributed by atoms with Crippen LogP contribution in [0.2, 0.25) is 5.02 Å². The predicted molar refractivity (Wildman–Crippen MR) is 77.2 cm³/mol. The van der Waals surface area contributed by atoms with E-state index in [9.17, 15) is 4.39 Å². The number of hydrogen-bond acceptors (Lipinski definition) is 3. The highest BCUT2D eigenvalue weighted by molar-refractivity contribution is 6.30. The lowest BCUT2D eigenvalue weighted by Crippen LogP contribution is -2.25. The Bertz CT molecular complexity index is 570. The minimum Gasteiger partial charge on any atom is -0.310 e. The summed E-state index contributed by atoms with van der Waals surface area (Å²) in [4.78, 5) is 0. The number of halogens is 2. The second-order valence-corrected chi connectivity index (χ2v) is 5.14. The molecular formula is C14H18ClFN4. The van der Waals surface area contributed by atoms with Crippen molar-refractivity contribution in [1.82, 2.24) is 20.3 Å². The summed E-state index contributed by atoms with van der Waals surface area (Å²) in [6.07, 6.45) is 3.38. The minimum absolute atomic E-state index is 0.143. The molecule has 1 heterocycles. The van der Waals surface area contributed by atoms with Crippen LogP contribution >= 0.6 is 11.6 Å². The first-order valence-corrected chi connectivity index (χ1v) is 7.02. The molecule has 0 aliphatic heterocycles. The average molecular weight is 297 g/mol. The van der Waals surface area contributed by atoms with Gasteiger partial charge in [-0.05, 0) is 19.0 Å². The van der Waals surface area contributed by atoms with Crippen molar-refractivity contribution < 1.29 is 4.39 Å². The Kier molecular flexibility index (Phi) is 5.09. The number of nitrogens with one attached hydrogen (secondary N) is 1. The van der Waals surface area contributed by atoms with E-state index < -0.39 is 0 Å². The van der Waals surface area contributed by atoms with Crippen LogP contribution in [0.15, 0.2) is 24.4 Å². The van der Waals surface area contributed by atoms with E-state index in [1.807, 2.05) is 13.2 Å². The Hall–Kier alpha value is -1.46. The van der Waals surface area contributed by atoms with E-state index in [2.05, 4.69) is 22.6 Å². The Labute approximate surface area is 122 Å². The molecule has 6 heteroatoms. The van der Waals surface area contributed by atoms with E-state index in [1.165, 1.54) is 0 Å². The molecule has 4 nitrogen and oxygen atoms in total. The summed E-state index contributed by atoms with van der Waals surface area (Å²) in [6, 6.07) is 4.91. The Morgan fingerprint density at radius 2 is 2.25 bits per heavy atom. The lowest BCUT2D eigenvalue weighted by atomic mass is 10.0. The standard InChI is InChI=1S/C14H18ClFN4/c1-3-7-17-13(8-10-9-20(2)19-18-10)11-5-4-6-12(15)14(11)16/h4-6,9,13,17H,3,7-8H2,1-2H3. The highest BCUT2D eigenvalue weighted by Crippen LogP contribution is 2.25. The van der Waals surface area contributed by atoms with E-state index in [1.54, 1.807) is 22.9 Å². The van der Waals surface area contributed by atoms with Gasteiger partial charge in [0, 0.05) is 31.3 Å². The third-order valence-electron chi connectivity index (χ3n) is 3.06. The van der Waals surface area contributed by atoms with Gasteiger partial charge in [-0.3, -0.25) is 4.68 Å². The number of aryl methyl sites for hydroxylation is 1. The van der Waals surface area contributed by atoms with Crippen molar-refractivity contribution in [1.29, 1.82) is 0 Å². The summed E-state index contributed by atoms with van der Waals surface area (Å²) in [7, 11) is 1.81. The number of rotatable bonds is 6. The molecule has 1 atom stereocenters. The molecule has 1 unspecified atom stereocenters. The number of nitrogens with zero attached hydrogens (tertiary/aromatic N) is 3. The largest absolute Gasteiger partial charge is 0.310 e. The van der Waals surface area contributed by atoms with Crippen LogP contribution in [-0.4, -0.2) is 21.5 Å². The SMILES string of the molecule is CCCNC(Cc1cn(C)nn1)c1cccc(Cl)c1F. The van der Waals surface area contributed by atoms with Gasteiger partial charge in [0.15, 0.2) is 0 Å². The van der Waals surface area contributed by atoms with Crippen molar-refractivity contribution in [2.24, 2.45) is 7.05 Å². The molecule has 1 N–H and O–H groups in total. The highest BCUT2D eigenvalue weighted by atomic mass is 35.5. The van der Waals surface area contributed by atoms with Crippen LogP contribution in [0.25, 0.3) is 0 Å². The van der Waals surface area contributed by atoms with Gasteiger partial charge in [-0.1, -0.05) is 35.9 Å². The molecule has 0 bridgehead atoms. The van der Waals surface area contributed by atoms with Crippen molar-refractivity contribution in [3.8, 4) is 0 Å². The van der Waals surface area contributed by atoms with E-state index in [0.29, 0.717) is 12.0 Å². The van der Waals surface area contributed by atoms with Crippen molar-refractivity contribution in [3.05, 3.63) is 46.5 Å². The summed E-state index contributed by atoms with van der Waals surface area (Å²) in [6.45, 7) is 2.87. The van der Waals surface area contributed by atoms with E-state index in [0.717, 1.165) is 18.7 Å². The summed E-state index contributed by atoms with van der Waals surface area (Å²) >= 11 is 5.86. The maximum absolute atomic E-state index is 14.2. The fourth-order valence-corrected chi connectivity index (χ4v) is 2.28. The fraction of sp³-hybridized carbons (Fsp3) is 0.429. The molecule has 0 aliphatic carbocycles. The zero-order chi connectivity index (χ0) is 14.5. The molecule has 0 saturated heterocycles. The maximum atomic E-state index is 14.2. The Balaban J connectivity index is 2.24. The van der Waals surface area contributed by atoms with Crippen LogP contribution in [0.3, 0.4) is 0 Å². The first kappa shape index (κ1) is 14.9. The van der Waals surface area contributed by atoms with Gasteiger partial charge < -0.3 is 5.32 Å².